The van der Waals surface area contributed by atoms with Crippen molar-refractivity contribution in [2.75, 3.05) is 6.54 Å². The second kappa shape index (κ2) is 8.91. The Balaban J connectivity index is 1.98. The van der Waals surface area contributed by atoms with Gasteiger partial charge in [0.2, 0.25) is 11.8 Å². The Bertz CT molecular complexity index is 1110. The highest BCUT2D eigenvalue weighted by Crippen LogP contribution is 2.48. The SMILES string of the molecule is CCC(C#N)NC(=O)C1CC(S(=O)(=O)c2ccc(Br)cc2C(F)(F)F)CN1C(=O)C1(C)CC1. The van der Waals surface area contributed by atoms with Crippen molar-refractivity contribution in [1.82, 2.24) is 10.2 Å². The molecule has 7 nitrogen and oxygen atoms in total. The van der Waals surface area contributed by atoms with Gasteiger partial charge in [0.25, 0.3) is 0 Å². The minimum absolute atomic E-state index is 0.0676. The maximum absolute atomic E-state index is 13.6. The Morgan fingerprint density at radius 3 is 2.52 bits per heavy atom. The van der Waals surface area contributed by atoms with Crippen LogP contribution in [0.15, 0.2) is 27.6 Å². The van der Waals surface area contributed by atoms with E-state index in [4.69, 9.17) is 5.26 Å². The summed E-state index contributed by atoms with van der Waals surface area (Å²) in [6.45, 7) is 2.98. The summed E-state index contributed by atoms with van der Waals surface area (Å²) in [6, 6.07) is 2.66. The molecule has 0 bridgehead atoms. The fourth-order valence-electron chi connectivity index (χ4n) is 3.89. The third-order valence-corrected chi connectivity index (χ3v) is 8.90. The average Bonchev–Trinajstić information content (AvgIpc) is 3.33. The van der Waals surface area contributed by atoms with Crippen molar-refractivity contribution in [2.24, 2.45) is 5.41 Å². The molecule has 1 saturated carbocycles. The topological polar surface area (TPSA) is 107 Å². The Labute approximate surface area is 198 Å². The number of rotatable bonds is 6. The van der Waals surface area contributed by atoms with Gasteiger partial charge in [-0.2, -0.15) is 18.4 Å². The summed E-state index contributed by atoms with van der Waals surface area (Å²) in [5.74, 6) is -1.09. The summed E-state index contributed by atoms with van der Waals surface area (Å²) >= 11 is 2.93. The molecule has 1 aliphatic carbocycles. The zero-order valence-corrected chi connectivity index (χ0v) is 20.3. The monoisotopic (exact) mass is 549 g/mol. The summed E-state index contributed by atoms with van der Waals surface area (Å²) < 4.78 is 67.5. The molecule has 2 fully saturated rings. The van der Waals surface area contributed by atoms with E-state index in [1.807, 2.05) is 6.07 Å². The Kier molecular flexibility index (Phi) is 6.88. The number of carbonyl (C=O) groups excluding carboxylic acids is 2. The lowest BCUT2D eigenvalue weighted by atomic mass is 10.1. The van der Waals surface area contributed by atoms with E-state index in [1.54, 1.807) is 13.8 Å². The maximum Gasteiger partial charge on any atom is 0.417 e. The van der Waals surface area contributed by atoms with Gasteiger partial charge in [0.15, 0.2) is 9.84 Å². The van der Waals surface area contributed by atoms with Crippen LogP contribution < -0.4 is 5.32 Å². The van der Waals surface area contributed by atoms with Crippen LogP contribution in [0.2, 0.25) is 0 Å². The van der Waals surface area contributed by atoms with Gasteiger partial charge in [0.1, 0.15) is 12.1 Å². The van der Waals surface area contributed by atoms with Crippen LogP contribution >= 0.6 is 15.9 Å². The zero-order chi connectivity index (χ0) is 24.8. The van der Waals surface area contributed by atoms with E-state index < -0.39 is 67.6 Å². The lowest BCUT2D eigenvalue weighted by Crippen LogP contribution is -2.50. The lowest BCUT2D eigenvalue weighted by Gasteiger charge is -2.27. The third kappa shape index (κ3) is 5.04. The molecule has 2 aliphatic rings. The van der Waals surface area contributed by atoms with Gasteiger partial charge in [-0.15, -0.1) is 0 Å². The molecule has 1 saturated heterocycles. The van der Waals surface area contributed by atoms with E-state index in [9.17, 15) is 31.2 Å². The smallest absolute Gasteiger partial charge is 0.339 e. The van der Waals surface area contributed by atoms with Gasteiger partial charge >= 0.3 is 6.18 Å². The van der Waals surface area contributed by atoms with Gasteiger partial charge in [0, 0.05) is 16.4 Å². The maximum atomic E-state index is 13.6. The number of hydrogen-bond acceptors (Lipinski definition) is 5. The zero-order valence-electron chi connectivity index (χ0n) is 17.9. The van der Waals surface area contributed by atoms with Crippen LogP contribution in [-0.4, -0.2) is 49.0 Å². The molecular weight excluding hydrogens is 527 g/mol. The molecule has 12 heteroatoms. The third-order valence-electron chi connectivity index (χ3n) is 6.22. The lowest BCUT2D eigenvalue weighted by molar-refractivity contribution is -0.142. The molecule has 1 aromatic rings. The second-order valence-electron chi connectivity index (χ2n) is 8.67. The predicted molar refractivity (Wildman–Crippen MR) is 115 cm³/mol. The van der Waals surface area contributed by atoms with Crippen LogP contribution in [-0.2, 0) is 25.6 Å². The molecule has 1 heterocycles. The van der Waals surface area contributed by atoms with Crippen LogP contribution in [0.1, 0.15) is 45.1 Å². The van der Waals surface area contributed by atoms with Gasteiger partial charge in [-0.05, 0) is 43.9 Å². The first-order chi connectivity index (χ1) is 15.2. The van der Waals surface area contributed by atoms with Gasteiger partial charge in [-0.25, -0.2) is 8.42 Å². The van der Waals surface area contributed by atoms with Gasteiger partial charge in [-0.3, -0.25) is 9.59 Å². The van der Waals surface area contributed by atoms with Crippen LogP contribution in [0, 0.1) is 16.7 Å². The summed E-state index contributed by atoms with van der Waals surface area (Å²) in [5.41, 5.74) is -2.03. The van der Waals surface area contributed by atoms with Crippen LogP contribution in [0.4, 0.5) is 13.2 Å². The highest BCUT2D eigenvalue weighted by atomic mass is 79.9. The summed E-state index contributed by atoms with van der Waals surface area (Å²) in [7, 11) is -4.55. The first kappa shape index (κ1) is 25.5. The summed E-state index contributed by atoms with van der Waals surface area (Å²) in [4.78, 5) is 26.2. The molecule has 2 amide bonds. The number of nitriles is 1. The van der Waals surface area contributed by atoms with E-state index in [-0.39, 0.29) is 10.9 Å². The van der Waals surface area contributed by atoms with Crippen molar-refractivity contribution in [1.29, 1.82) is 5.26 Å². The van der Waals surface area contributed by atoms with E-state index in [0.717, 1.165) is 11.0 Å². The molecule has 0 radical (unpaired) electrons. The number of halogens is 4. The molecule has 3 atom stereocenters. The molecule has 3 rings (SSSR count). The molecule has 0 spiro atoms. The molecular formula is C21H23BrF3N3O4S. The quantitative estimate of drug-likeness (QED) is 0.584. The summed E-state index contributed by atoms with van der Waals surface area (Å²) in [6.07, 6.45) is -3.81. The van der Waals surface area contributed by atoms with Crippen molar-refractivity contribution in [3.8, 4) is 6.07 Å². The fraction of sp³-hybridized carbons (Fsp3) is 0.571. The highest BCUT2D eigenvalue weighted by molar-refractivity contribution is 9.10. The van der Waals surface area contributed by atoms with E-state index in [0.29, 0.717) is 25.3 Å². The standard InChI is InChI=1S/C21H23BrF3N3O4S/c1-3-13(10-26)27-18(29)16-9-14(11-28(16)19(30)20(2)6-7-20)33(31,32)17-5-4-12(22)8-15(17)21(23,24)25/h4-5,8,13-14,16H,3,6-7,9,11H2,1-2H3,(H,27,29). The van der Waals surface area contributed by atoms with E-state index in [1.165, 1.54) is 6.07 Å². The van der Waals surface area contributed by atoms with Crippen molar-refractivity contribution in [3.05, 3.63) is 28.2 Å². The number of likely N-dealkylation sites (tertiary alicyclic amines) is 1. The first-order valence-corrected chi connectivity index (χ1v) is 12.7. The molecule has 1 aromatic carbocycles. The van der Waals surface area contributed by atoms with Crippen molar-refractivity contribution >= 4 is 37.6 Å². The number of hydrogen-bond donors (Lipinski definition) is 1. The first-order valence-electron chi connectivity index (χ1n) is 10.4. The second-order valence-corrected chi connectivity index (χ2v) is 11.8. The molecule has 1 N–H and O–H groups in total. The molecule has 0 aromatic heterocycles. The minimum Gasteiger partial charge on any atom is -0.339 e. The Hall–Kier alpha value is -2.13. The molecule has 180 valence electrons. The number of benzene rings is 1. The average molecular weight is 550 g/mol. The Morgan fingerprint density at radius 1 is 1.36 bits per heavy atom. The number of carbonyl (C=O) groups is 2. The number of nitrogens with zero attached hydrogens (tertiary/aromatic N) is 2. The van der Waals surface area contributed by atoms with E-state index >= 15 is 0 Å². The fourth-order valence-corrected chi connectivity index (χ4v) is 6.14. The molecule has 33 heavy (non-hydrogen) atoms. The Morgan fingerprint density at radius 2 is 2.00 bits per heavy atom. The van der Waals surface area contributed by atoms with Crippen molar-refractivity contribution in [3.63, 3.8) is 0 Å². The predicted octanol–water partition coefficient (Wildman–Crippen LogP) is 3.43. The molecule has 1 aliphatic heterocycles. The van der Waals surface area contributed by atoms with Gasteiger partial charge < -0.3 is 10.2 Å². The van der Waals surface area contributed by atoms with E-state index in [2.05, 4.69) is 21.2 Å². The van der Waals surface area contributed by atoms with Crippen LogP contribution in [0.25, 0.3) is 0 Å². The number of amides is 2. The van der Waals surface area contributed by atoms with Crippen LogP contribution in [0.5, 0.6) is 0 Å². The van der Waals surface area contributed by atoms with Gasteiger partial charge in [-0.1, -0.05) is 29.8 Å². The highest BCUT2D eigenvalue weighted by Gasteiger charge is 2.54. The largest absolute Gasteiger partial charge is 0.417 e. The van der Waals surface area contributed by atoms with Gasteiger partial charge in [0.05, 0.1) is 21.8 Å². The summed E-state index contributed by atoms with van der Waals surface area (Å²) in [5, 5.41) is 10.2. The number of nitrogens with one attached hydrogen (secondary N) is 1. The van der Waals surface area contributed by atoms with Crippen molar-refractivity contribution in [2.45, 2.75) is 67.9 Å². The van der Waals surface area contributed by atoms with Crippen molar-refractivity contribution < 1.29 is 31.2 Å². The minimum atomic E-state index is -4.92. The number of sulfone groups is 1. The molecule has 3 unspecified atom stereocenters. The normalized spacial score (nSPS) is 23.0. The number of alkyl halides is 3. The van der Waals surface area contributed by atoms with Crippen LogP contribution in [0.3, 0.4) is 0 Å².